The van der Waals surface area contributed by atoms with Crippen molar-refractivity contribution in [1.82, 2.24) is 4.98 Å². The summed E-state index contributed by atoms with van der Waals surface area (Å²) in [5.41, 5.74) is 2.86. The molecular formula is C20H15NO2S. The highest BCUT2D eigenvalue weighted by Gasteiger charge is 2.13. The van der Waals surface area contributed by atoms with Gasteiger partial charge in [-0.3, -0.25) is 4.79 Å². The van der Waals surface area contributed by atoms with Gasteiger partial charge in [0.1, 0.15) is 5.58 Å². The molecular weight excluding hydrogens is 318 g/mol. The molecule has 4 heteroatoms. The van der Waals surface area contributed by atoms with Crippen molar-refractivity contribution in [1.29, 1.82) is 0 Å². The number of carbonyl (C=O) groups is 1. The molecule has 0 spiro atoms. The second-order valence-corrected chi connectivity index (χ2v) is 6.65. The third-order valence-electron chi connectivity index (χ3n) is 3.95. The number of rotatable bonds is 4. The fraction of sp³-hybridized carbons (Fsp3) is 0.100. The minimum Gasteiger partial charge on any atom is -0.453 e. The molecule has 2 aromatic carbocycles. The molecule has 2 heterocycles. The Morgan fingerprint density at radius 3 is 2.75 bits per heavy atom. The molecule has 24 heavy (non-hydrogen) atoms. The van der Waals surface area contributed by atoms with Crippen molar-refractivity contribution in [2.75, 3.05) is 5.75 Å². The highest BCUT2D eigenvalue weighted by Crippen LogP contribution is 2.25. The number of thioether (sulfide) groups is 1. The molecule has 0 saturated carbocycles. The topological polar surface area (TPSA) is 43.1 Å². The van der Waals surface area contributed by atoms with Crippen LogP contribution in [0.3, 0.4) is 0 Å². The monoisotopic (exact) mass is 333 g/mol. The van der Waals surface area contributed by atoms with Crippen LogP contribution in [0, 0.1) is 6.92 Å². The van der Waals surface area contributed by atoms with Crippen LogP contribution in [0.25, 0.3) is 21.9 Å². The molecule has 2 aromatic heterocycles. The maximum atomic E-state index is 12.4. The highest BCUT2D eigenvalue weighted by atomic mass is 32.2. The lowest BCUT2D eigenvalue weighted by atomic mass is 10.1. The van der Waals surface area contributed by atoms with E-state index in [4.69, 9.17) is 4.42 Å². The van der Waals surface area contributed by atoms with E-state index in [0.717, 1.165) is 26.9 Å². The molecule has 4 rings (SSSR count). The predicted octanol–water partition coefficient (Wildman–Crippen LogP) is 5.26. The number of aryl methyl sites for hydroxylation is 1. The molecule has 118 valence electrons. The van der Waals surface area contributed by atoms with Gasteiger partial charge in [-0.15, -0.1) is 0 Å². The summed E-state index contributed by atoms with van der Waals surface area (Å²) < 4.78 is 5.63. The third-order valence-corrected chi connectivity index (χ3v) is 4.86. The van der Waals surface area contributed by atoms with Gasteiger partial charge in [-0.2, -0.15) is 0 Å². The van der Waals surface area contributed by atoms with E-state index in [1.807, 2.05) is 48.5 Å². The van der Waals surface area contributed by atoms with Gasteiger partial charge in [-0.05, 0) is 36.8 Å². The van der Waals surface area contributed by atoms with E-state index >= 15 is 0 Å². The Hall–Kier alpha value is -2.59. The zero-order chi connectivity index (χ0) is 16.5. The van der Waals surface area contributed by atoms with E-state index in [9.17, 15) is 4.79 Å². The number of hydrogen-bond donors (Lipinski definition) is 0. The largest absolute Gasteiger partial charge is 0.453 e. The maximum Gasteiger partial charge on any atom is 0.208 e. The van der Waals surface area contributed by atoms with Crippen molar-refractivity contribution in [3.63, 3.8) is 0 Å². The number of hydrogen-bond acceptors (Lipinski definition) is 4. The Bertz CT molecular complexity index is 1020. The van der Waals surface area contributed by atoms with Gasteiger partial charge in [-0.1, -0.05) is 48.2 Å². The number of para-hydroxylation sites is 2. The molecule has 0 fully saturated rings. The van der Waals surface area contributed by atoms with Gasteiger partial charge >= 0.3 is 0 Å². The first kappa shape index (κ1) is 15.0. The normalized spacial score (nSPS) is 11.2. The van der Waals surface area contributed by atoms with E-state index in [1.165, 1.54) is 17.3 Å². The first-order valence-electron chi connectivity index (χ1n) is 7.72. The van der Waals surface area contributed by atoms with Gasteiger partial charge in [-0.25, -0.2) is 4.98 Å². The zero-order valence-corrected chi connectivity index (χ0v) is 14.0. The summed E-state index contributed by atoms with van der Waals surface area (Å²) in [6, 6.07) is 19.5. The van der Waals surface area contributed by atoms with Crippen molar-refractivity contribution in [2.45, 2.75) is 11.9 Å². The number of carbonyl (C=O) groups excluding carboxylic acids is 1. The van der Waals surface area contributed by atoms with Crippen LogP contribution >= 0.6 is 11.8 Å². The lowest BCUT2D eigenvalue weighted by molar-refractivity contribution is 0.0994. The number of Topliss-reactive ketones (excluding diaryl/α,β-unsaturated/α-hetero) is 1. The zero-order valence-electron chi connectivity index (χ0n) is 13.2. The number of fused-ring (bicyclic) bond motifs is 2. The van der Waals surface area contributed by atoms with Gasteiger partial charge in [0.25, 0.3) is 0 Å². The third kappa shape index (κ3) is 2.81. The van der Waals surface area contributed by atoms with E-state index < -0.39 is 0 Å². The lowest BCUT2D eigenvalue weighted by Crippen LogP contribution is -2.01. The van der Waals surface area contributed by atoms with Gasteiger partial charge in [0, 0.05) is 10.8 Å². The van der Waals surface area contributed by atoms with E-state index in [2.05, 4.69) is 18.0 Å². The summed E-state index contributed by atoms with van der Waals surface area (Å²) in [7, 11) is 0. The molecule has 0 bridgehead atoms. The second kappa shape index (κ2) is 6.13. The molecule has 0 aliphatic heterocycles. The molecule has 0 atom stereocenters. The van der Waals surface area contributed by atoms with Crippen molar-refractivity contribution in [3.05, 3.63) is 72.0 Å². The molecule has 0 aliphatic rings. The van der Waals surface area contributed by atoms with Crippen LogP contribution in [0.15, 0.2) is 70.1 Å². The summed E-state index contributed by atoms with van der Waals surface area (Å²) in [4.78, 5) is 17.0. The van der Waals surface area contributed by atoms with E-state index in [1.54, 1.807) is 6.07 Å². The van der Waals surface area contributed by atoms with Crippen molar-refractivity contribution < 1.29 is 9.21 Å². The summed E-state index contributed by atoms with van der Waals surface area (Å²) in [6.07, 6.45) is 0. The average Bonchev–Trinajstić information content (AvgIpc) is 3.04. The quantitative estimate of drug-likeness (QED) is 0.377. The summed E-state index contributed by atoms with van der Waals surface area (Å²) in [5, 5.41) is 2.95. The number of pyridine rings is 1. The second-order valence-electron chi connectivity index (χ2n) is 5.65. The van der Waals surface area contributed by atoms with Crippen LogP contribution in [0.1, 0.15) is 16.1 Å². The Morgan fingerprint density at radius 1 is 1.08 bits per heavy atom. The number of ketones is 1. The number of nitrogens with zero attached hydrogens (tertiary/aromatic N) is 1. The smallest absolute Gasteiger partial charge is 0.208 e. The molecule has 0 unspecified atom stereocenters. The Balaban J connectivity index is 1.55. The van der Waals surface area contributed by atoms with Crippen LogP contribution in [0.4, 0.5) is 0 Å². The van der Waals surface area contributed by atoms with E-state index in [-0.39, 0.29) is 5.78 Å². The summed E-state index contributed by atoms with van der Waals surface area (Å²) in [5.74, 6) is 0.690. The first-order chi connectivity index (χ1) is 11.7. The van der Waals surface area contributed by atoms with E-state index in [0.29, 0.717) is 11.5 Å². The SMILES string of the molecule is Cc1cc(SCC(=O)c2cc3ccccc3o2)nc2ccccc12. The predicted molar refractivity (Wildman–Crippen MR) is 97.7 cm³/mol. The molecule has 3 nitrogen and oxygen atoms in total. The molecule has 0 N–H and O–H groups in total. The fourth-order valence-electron chi connectivity index (χ4n) is 2.72. The van der Waals surface area contributed by atoms with Crippen molar-refractivity contribution in [2.24, 2.45) is 0 Å². The molecule has 0 radical (unpaired) electrons. The Morgan fingerprint density at radius 2 is 1.88 bits per heavy atom. The fourth-order valence-corrected chi connectivity index (χ4v) is 3.57. The van der Waals surface area contributed by atoms with Crippen LogP contribution in [0.2, 0.25) is 0 Å². The number of aromatic nitrogens is 1. The minimum atomic E-state index is -0.0242. The van der Waals surface area contributed by atoms with Gasteiger partial charge in [0.05, 0.1) is 16.3 Å². The molecule has 0 aliphatic carbocycles. The maximum absolute atomic E-state index is 12.4. The number of furan rings is 1. The molecule has 0 saturated heterocycles. The summed E-state index contributed by atoms with van der Waals surface area (Å²) in [6.45, 7) is 2.06. The van der Waals surface area contributed by atoms with Crippen LogP contribution < -0.4 is 0 Å². The first-order valence-corrected chi connectivity index (χ1v) is 8.70. The van der Waals surface area contributed by atoms with Gasteiger partial charge in [0.2, 0.25) is 5.78 Å². The van der Waals surface area contributed by atoms with Crippen LogP contribution in [-0.2, 0) is 0 Å². The summed E-state index contributed by atoms with van der Waals surface area (Å²) >= 11 is 1.44. The molecule has 0 amide bonds. The van der Waals surface area contributed by atoms with Crippen molar-refractivity contribution >= 4 is 39.4 Å². The van der Waals surface area contributed by atoms with Crippen LogP contribution in [-0.4, -0.2) is 16.5 Å². The Kier molecular flexibility index (Phi) is 3.82. The standard InChI is InChI=1S/C20H15NO2S/c1-13-10-20(21-16-8-4-3-7-15(13)16)24-12-17(22)19-11-14-6-2-5-9-18(14)23-19/h2-11H,12H2,1H3. The van der Waals surface area contributed by atoms with Gasteiger partial charge < -0.3 is 4.42 Å². The highest BCUT2D eigenvalue weighted by molar-refractivity contribution is 7.99. The van der Waals surface area contributed by atoms with Crippen molar-refractivity contribution in [3.8, 4) is 0 Å². The van der Waals surface area contributed by atoms with Crippen LogP contribution in [0.5, 0.6) is 0 Å². The molecule has 4 aromatic rings. The minimum absolute atomic E-state index is 0.0242. The lowest BCUT2D eigenvalue weighted by Gasteiger charge is -2.05. The number of benzene rings is 2. The van der Waals surface area contributed by atoms with Gasteiger partial charge in [0.15, 0.2) is 5.76 Å². The average molecular weight is 333 g/mol. The Labute approximate surface area is 143 Å².